The average molecular weight is 422 g/mol. The minimum atomic E-state index is -3.67. The Hall–Kier alpha value is -2.17. The molecule has 4 rings (SSSR count). The van der Waals surface area contributed by atoms with Crippen LogP contribution in [0.25, 0.3) is 0 Å². The number of nitrogens with zero attached hydrogens (tertiary/aromatic N) is 5. The topological polar surface area (TPSA) is 91.9 Å². The second-order valence-electron chi connectivity index (χ2n) is 7.71. The Balaban J connectivity index is 1.37. The van der Waals surface area contributed by atoms with Crippen molar-refractivity contribution in [1.29, 1.82) is 0 Å². The normalized spacial score (nSPS) is 21.3. The smallest absolute Gasteiger partial charge is 0.248 e. The number of hydrogen-bond acceptors (Lipinski definition) is 6. The summed E-state index contributed by atoms with van der Waals surface area (Å²) in [6, 6.07) is 4.32. The van der Waals surface area contributed by atoms with Crippen molar-refractivity contribution in [3.8, 4) is 0 Å². The van der Waals surface area contributed by atoms with E-state index in [2.05, 4.69) is 33.8 Å². The third kappa shape index (κ3) is 3.60. The lowest BCUT2D eigenvalue weighted by molar-refractivity contribution is -0.134. The average Bonchev–Trinajstić information content (AvgIpc) is 3.31. The Morgan fingerprint density at radius 1 is 1.17 bits per heavy atom. The maximum Gasteiger partial charge on any atom is 0.248 e. The second kappa shape index (κ2) is 7.58. The summed E-state index contributed by atoms with van der Waals surface area (Å²) in [6.45, 7) is 8.73. The number of carbonyl (C=O) groups excluding carboxylic acids is 1. The molecule has 1 saturated heterocycles. The highest BCUT2D eigenvalue weighted by atomic mass is 32.2. The maximum absolute atomic E-state index is 12.9. The summed E-state index contributed by atoms with van der Waals surface area (Å²) in [6.07, 6.45) is 2.07. The van der Waals surface area contributed by atoms with Crippen LogP contribution >= 0.6 is 0 Å². The Bertz CT molecular complexity index is 984. The molecule has 0 saturated carbocycles. The monoisotopic (exact) mass is 421 g/mol. The fourth-order valence-electron chi connectivity index (χ4n) is 4.27. The maximum atomic E-state index is 12.9. The zero-order valence-corrected chi connectivity index (χ0v) is 17.9. The van der Waals surface area contributed by atoms with Gasteiger partial charge in [-0.1, -0.05) is 5.16 Å². The van der Waals surface area contributed by atoms with Gasteiger partial charge in [-0.15, -0.1) is 0 Å². The highest BCUT2D eigenvalue weighted by molar-refractivity contribution is 7.89. The van der Waals surface area contributed by atoms with Crippen LogP contribution in [-0.2, 0) is 21.4 Å². The fourth-order valence-corrected chi connectivity index (χ4v) is 5.98. The van der Waals surface area contributed by atoms with Gasteiger partial charge in [-0.25, -0.2) is 8.42 Å². The number of sulfonamides is 1. The number of fused-ring (bicyclic) bond motifs is 1. The first-order chi connectivity index (χ1) is 13.8. The first-order valence-electron chi connectivity index (χ1n) is 9.89. The predicted molar refractivity (Wildman–Crippen MR) is 106 cm³/mol. The van der Waals surface area contributed by atoms with Crippen LogP contribution in [0.4, 0.5) is 0 Å². The Morgan fingerprint density at radius 3 is 2.55 bits per heavy atom. The lowest BCUT2D eigenvalue weighted by Gasteiger charge is -2.38. The van der Waals surface area contributed by atoms with Crippen LogP contribution in [-0.4, -0.2) is 77.4 Å². The minimum absolute atomic E-state index is 0.0474. The van der Waals surface area contributed by atoms with Gasteiger partial charge >= 0.3 is 0 Å². The summed E-state index contributed by atoms with van der Waals surface area (Å²) >= 11 is 0. The Kier molecular flexibility index (Phi) is 5.26. The molecule has 1 atom stereocenters. The standard InChI is InChI=1S/C19H27N5O4S/c1-14-19(16(3)28-20-14)29(26,27)24-11-9-22(10-12-24)18(25)13-23-8-7-21-6-4-5-17(21)15(23)2/h4-6,15H,7-13H2,1-3H3/t15-/m0/s1. The van der Waals surface area contributed by atoms with E-state index in [1.807, 2.05) is 6.07 Å². The van der Waals surface area contributed by atoms with E-state index >= 15 is 0 Å². The summed E-state index contributed by atoms with van der Waals surface area (Å²) in [5, 5.41) is 3.75. The summed E-state index contributed by atoms with van der Waals surface area (Å²) < 4.78 is 34.5. The van der Waals surface area contributed by atoms with Crippen LogP contribution in [0, 0.1) is 13.8 Å². The predicted octanol–water partition coefficient (Wildman–Crippen LogP) is 1.00. The van der Waals surface area contributed by atoms with Crippen molar-refractivity contribution in [3.63, 3.8) is 0 Å². The van der Waals surface area contributed by atoms with Gasteiger partial charge in [-0.2, -0.15) is 4.31 Å². The highest BCUT2D eigenvalue weighted by Crippen LogP contribution is 2.26. The minimum Gasteiger partial charge on any atom is -0.360 e. The third-order valence-electron chi connectivity index (χ3n) is 5.96. The van der Waals surface area contributed by atoms with Gasteiger partial charge in [-0.05, 0) is 32.9 Å². The van der Waals surface area contributed by atoms with Gasteiger partial charge in [0.25, 0.3) is 0 Å². The number of hydrogen-bond donors (Lipinski definition) is 0. The fraction of sp³-hybridized carbons (Fsp3) is 0.579. The molecule has 0 spiro atoms. The van der Waals surface area contributed by atoms with Gasteiger partial charge in [0.15, 0.2) is 5.76 Å². The molecule has 0 aliphatic carbocycles. The third-order valence-corrected chi connectivity index (χ3v) is 8.11. The van der Waals surface area contributed by atoms with Crippen molar-refractivity contribution < 1.29 is 17.7 Å². The van der Waals surface area contributed by atoms with Crippen molar-refractivity contribution in [2.75, 3.05) is 39.3 Å². The van der Waals surface area contributed by atoms with E-state index in [4.69, 9.17) is 4.52 Å². The lowest BCUT2D eigenvalue weighted by Crippen LogP contribution is -2.53. The van der Waals surface area contributed by atoms with Crippen LogP contribution in [0.1, 0.15) is 30.1 Å². The summed E-state index contributed by atoms with van der Waals surface area (Å²) in [4.78, 5) is 16.9. The quantitative estimate of drug-likeness (QED) is 0.732. The van der Waals surface area contributed by atoms with Crippen LogP contribution in [0.2, 0.25) is 0 Å². The molecule has 0 bridgehead atoms. The Labute approximate surface area is 170 Å². The number of aromatic nitrogens is 2. The zero-order valence-electron chi connectivity index (χ0n) is 17.0. The van der Waals surface area contributed by atoms with E-state index in [1.165, 1.54) is 10.00 Å². The van der Waals surface area contributed by atoms with Crippen molar-refractivity contribution >= 4 is 15.9 Å². The van der Waals surface area contributed by atoms with E-state index in [-0.39, 0.29) is 29.9 Å². The van der Waals surface area contributed by atoms with Crippen molar-refractivity contribution in [2.24, 2.45) is 0 Å². The van der Waals surface area contributed by atoms with Gasteiger partial charge < -0.3 is 14.0 Å². The molecule has 1 fully saturated rings. The molecular weight excluding hydrogens is 394 g/mol. The van der Waals surface area contributed by atoms with Crippen molar-refractivity contribution in [2.45, 2.75) is 38.3 Å². The molecule has 158 valence electrons. The van der Waals surface area contributed by atoms with Crippen LogP contribution in [0.5, 0.6) is 0 Å². The summed E-state index contributed by atoms with van der Waals surface area (Å²) in [5.41, 5.74) is 1.59. The molecule has 2 aliphatic heterocycles. The summed E-state index contributed by atoms with van der Waals surface area (Å²) in [5.74, 6) is 0.344. The first-order valence-corrected chi connectivity index (χ1v) is 11.3. The number of carbonyl (C=O) groups is 1. The first kappa shape index (κ1) is 20.1. The molecule has 2 aromatic rings. The molecule has 10 heteroatoms. The molecule has 0 radical (unpaired) electrons. The molecule has 0 N–H and O–H groups in total. The van der Waals surface area contributed by atoms with Crippen LogP contribution < -0.4 is 0 Å². The molecule has 2 aromatic heterocycles. The molecule has 4 heterocycles. The highest BCUT2D eigenvalue weighted by Gasteiger charge is 2.35. The SMILES string of the molecule is Cc1noc(C)c1S(=O)(=O)N1CCN(C(=O)CN2CCn3cccc3[C@@H]2C)CC1. The van der Waals surface area contributed by atoms with Gasteiger partial charge in [0.1, 0.15) is 10.6 Å². The molecular formula is C19H27N5O4S. The van der Waals surface area contributed by atoms with Crippen LogP contribution in [0.15, 0.2) is 27.7 Å². The number of amides is 1. The lowest BCUT2D eigenvalue weighted by atomic mass is 10.1. The zero-order chi connectivity index (χ0) is 20.8. The molecule has 29 heavy (non-hydrogen) atoms. The number of rotatable bonds is 4. The second-order valence-corrected chi connectivity index (χ2v) is 9.59. The van der Waals surface area contributed by atoms with E-state index in [9.17, 15) is 13.2 Å². The van der Waals surface area contributed by atoms with Gasteiger partial charge in [0.2, 0.25) is 15.9 Å². The van der Waals surface area contributed by atoms with Gasteiger partial charge in [0, 0.05) is 57.2 Å². The molecule has 9 nitrogen and oxygen atoms in total. The molecule has 0 unspecified atom stereocenters. The van der Waals surface area contributed by atoms with Crippen molar-refractivity contribution in [1.82, 2.24) is 23.8 Å². The van der Waals surface area contributed by atoms with Crippen LogP contribution in [0.3, 0.4) is 0 Å². The van der Waals surface area contributed by atoms with E-state index in [1.54, 1.807) is 18.7 Å². The molecule has 2 aliphatic rings. The van der Waals surface area contributed by atoms with E-state index < -0.39 is 10.0 Å². The number of aryl methyl sites for hydroxylation is 2. The number of piperazine rings is 1. The van der Waals surface area contributed by atoms with Gasteiger partial charge in [0.05, 0.1) is 6.54 Å². The molecule has 0 aromatic carbocycles. The molecule has 1 amide bonds. The van der Waals surface area contributed by atoms with E-state index in [0.717, 1.165) is 13.1 Å². The largest absolute Gasteiger partial charge is 0.360 e. The Morgan fingerprint density at radius 2 is 1.90 bits per heavy atom. The van der Waals surface area contributed by atoms with E-state index in [0.29, 0.717) is 31.1 Å². The summed E-state index contributed by atoms with van der Waals surface area (Å²) in [7, 11) is -3.67. The van der Waals surface area contributed by atoms with Gasteiger partial charge in [-0.3, -0.25) is 9.69 Å². The van der Waals surface area contributed by atoms with Crippen molar-refractivity contribution in [3.05, 3.63) is 35.5 Å².